The molecule has 2 bridgehead atoms. The van der Waals surface area contributed by atoms with E-state index < -0.39 is 0 Å². The molecule has 3 aliphatic rings. The molecule has 1 aromatic rings. The summed E-state index contributed by atoms with van der Waals surface area (Å²) in [4.78, 5) is 15.1. The molecule has 3 unspecified atom stereocenters. The number of anilines is 1. The number of rotatable bonds is 1. The Labute approximate surface area is 120 Å². The molecule has 20 heavy (non-hydrogen) atoms. The molecule has 1 aromatic carbocycles. The fourth-order valence-corrected chi connectivity index (χ4v) is 4.36. The average molecular weight is 270 g/mol. The number of fused-ring (bicyclic) bond motifs is 3. The molecular weight excluding hydrogens is 248 g/mol. The van der Waals surface area contributed by atoms with E-state index in [4.69, 9.17) is 0 Å². The van der Waals surface area contributed by atoms with E-state index >= 15 is 0 Å². The van der Waals surface area contributed by atoms with Crippen LogP contribution >= 0.6 is 0 Å². The minimum absolute atomic E-state index is 0.208. The summed E-state index contributed by atoms with van der Waals surface area (Å²) in [6.45, 7) is 3.02. The van der Waals surface area contributed by atoms with E-state index in [1.54, 1.807) is 0 Å². The second-order valence-corrected chi connectivity index (χ2v) is 6.57. The maximum absolute atomic E-state index is 13.0. The van der Waals surface area contributed by atoms with Gasteiger partial charge in [0.1, 0.15) is 0 Å². The fraction of sp³-hybridized carbons (Fsp3) is 0.588. The lowest BCUT2D eigenvalue weighted by molar-refractivity contribution is -0.123. The number of carbonyl (C=O) groups excluding carboxylic acids is 1. The van der Waals surface area contributed by atoms with E-state index in [2.05, 4.69) is 35.3 Å². The molecule has 106 valence electrons. The van der Waals surface area contributed by atoms with Crippen LogP contribution in [-0.4, -0.2) is 24.5 Å². The van der Waals surface area contributed by atoms with Crippen LogP contribution in [0.3, 0.4) is 0 Å². The van der Waals surface area contributed by atoms with Gasteiger partial charge in [-0.15, -0.1) is 0 Å². The van der Waals surface area contributed by atoms with Gasteiger partial charge in [0.05, 0.1) is 5.92 Å². The zero-order chi connectivity index (χ0) is 13.7. The Bertz CT molecular complexity index is 554. The maximum Gasteiger partial charge on any atom is 0.231 e. The smallest absolute Gasteiger partial charge is 0.231 e. The first-order valence-electron chi connectivity index (χ1n) is 7.90. The quantitative estimate of drug-likeness (QED) is 0.850. The summed E-state index contributed by atoms with van der Waals surface area (Å²) in [6, 6.07) is 7.45. The van der Waals surface area contributed by atoms with Crippen LogP contribution in [0.25, 0.3) is 0 Å². The Balaban J connectivity index is 1.65. The van der Waals surface area contributed by atoms with Crippen LogP contribution in [0.2, 0.25) is 0 Å². The van der Waals surface area contributed by atoms with Crippen molar-refractivity contribution in [3.8, 4) is 0 Å². The highest BCUT2D eigenvalue weighted by Gasteiger charge is 2.44. The molecule has 0 radical (unpaired) electrons. The van der Waals surface area contributed by atoms with E-state index in [1.807, 2.05) is 0 Å². The Kier molecular flexibility index (Phi) is 2.84. The molecule has 2 fully saturated rings. The molecule has 1 N–H and O–H groups in total. The van der Waals surface area contributed by atoms with Gasteiger partial charge in [-0.25, -0.2) is 0 Å². The summed E-state index contributed by atoms with van der Waals surface area (Å²) in [7, 11) is 0. The SMILES string of the molecule is Cc1cccc2c1N(C(=O)C1CC3CCC1N3)CCC2. The number of nitrogens with zero attached hydrogens (tertiary/aromatic N) is 1. The lowest BCUT2D eigenvalue weighted by atomic mass is 9.87. The van der Waals surface area contributed by atoms with Crippen molar-refractivity contribution in [2.45, 2.75) is 51.1 Å². The zero-order valence-electron chi connectivity index (χ0n) is 12.1. The maximum atomic E-state index is 13.0. The van der Waals surface area contributed by atoms with Gasteiger partial charge in [-0.05, 0) is 50.2 Å². The summed E-state index contributed by atoms with van der Waals surface area (Å²) in [5, 5.41) is 3.59. The Morgan fingerprint density at radius 2 is 2.25 bits per heavy atom. The number of nitrogens with one attached hydrogen (secondary N) is 1. The molecular formula is C17H22N2O. The molecule has 0 spiro atoms. The Morgan fingerprint density at radius 3 is 3.00 bits per heavy atom. The van der Waals surface area contributed by atoms with Gasteiger partial charge in [-0.3, -0.25) is 4.79 Å². The van der Waals surface area contributed by atoms with E-state index in [0.717, 1.165) is 25.8 Å². The van der Waals surface area contributed by atoms with Crippen molar-refractivity contribution in [2.75, 3.05) is 11.4 Å². The van der Waals surface area contributed by atoms with Gasteiger partial charge >= 0.3 is 0 Å². The highest BCUT2D eigenvalue weighted by atomic mass is 16.2. The number of aryl methyl sites for hydroxylation is 2. The third-order valence-electron chi connectivity index (χ3n) is 5.30. The number of para-hydroxylation sites is 1. The average Bonchev–Trinajstić information content (AvgIpc) is 3.09. The first-order chi connectivity index (χ1) is 9.74. The zero-order valence-corrected chi connectivity index (χ0v) is 12.1. The standard InChI is InChI=1S/C17H22N2O/c1-11-4-2-5-12-6-3-9-19(16(11)12)17(20)14-10-13-7-8-15(14)18-13/h2,4-5,13-15,18H,3,6-10H2,1H3. The van der Waals surface area contributed by atoms with Crippen molar-refractivity contribution < 1.29 is 4.79 Å². The van der Waals surface area contributed by atoms with Gasteiger partial charge < -0.3 is 10.2 Å². The van der Waals surface area contributed by atoms with Crippen LogP contribution in [0.1, 0.15) is 36.8 Å². The van der Waals surface area contributed by atoms with Crippen LogP contribution < -0.4 is 10.2 Å². The first kappa shape index (κ1) is 12.4. The normalized spacial score (nSPS) is 31.4. The molecule has 3 heteroatoms. The summed E-state index contributed by atoms with van der Waals surface area (Å²) < 4.78 is 0. The number of benzene rings is 1. The molecule has 1 amide bonds. The summed E-state index contributed by atoms with van der Waals surface area (Å²) in [6.07, 6.45) is 5.67. The van der Waals surface area contributed by atoms with Crippen molar-refractivity contribution in [3.63, 3.8) is 0 Å². The van der Waals surface area contributed by atoms with E-state index in [0.29, 0.717) is 18.0 Å². The molecule has 0 aliphatic carbocycles. The molecule has 0 aromatic heterocycles. The topological polar surface area (TPSA) is 32.3 Å². The van der Waals surface area contributed by atoms with Crippen molar-refractivity contribution in [1.29, 1.82) is 0 Å². The Morgan fingerprint density at radius 1 is 1.35 bits per heavy atom. The molecule has 3 nitrogen and oxygen atoms in total. The van der Waals surface area contributed by atoms with Gasteiger partial charge in [0.15, 0.2) is 0 Å². The third-order valence-corrected chi connectivity index (χ3v) is 5.30. The van der Waals surface area contributed by atoms with Crippen molar-refractivity contribution in [3.05, 3.63) is 29.3 Å². The van der Waals surface area contributed by atoms with Gasteiger partial charge in [0.25, 0.3) is 0 Å². The van der Waals surface area contributed by atoms with Crippen molar-refractivity contribution in [2.24, 2.45) is 5.92 Å². The van der Waals surface area contributed by atoms with Gasteiger partial charge in [-0.2, -0.15) is 0 Å². The molecule has 3 heterocycles. The predicted octanol–water partition coefficient (Wildman–Crippen LogP) is 2.41. The number of carbonyl (C=O) groups is 1. The molecule has 3 atom stereocenters. The Hall–Kier alpha value is -1.35. The third kappa shape index (κ3) is 1.80. The van der Waals surface area contributed by atoms with E-state index in [-0.39, 0.29) is 5.92 Å². The van der Waals surface area contributed by atoms with Crippen LogP contribution in [0.5, 0.6) is 0 Å². The van der Waals surface area contributed by atoms with Crippen LogP contribution in [0.15, 0.2) is 18.2 Å². The number of hydrogen-bond acceptors (Lipinski definition) is 2. The minimum Gasteiger partial charge on any atom is -0.312 e. The lowest BCUT2D eigenvalue weighted by Gasteiger charge is -2.34. The lowest BCUT2D eigenvalue weighted by Crippen LogP contribution is -2.43. The number of amides is 1. The second-order valence-electron chi connectivity index (χ2n) is 6.57. The highest BCUT2D eigenvalue weighted by Crippen LogP contribution is 2.38. The predicted molar refractivity (Wildman–Crippen MR) is 79.9 cm³/mol. The fourth-order valence-electron chi connectivity index (χ4n) is 4.36. The largest absolute Gasteiger partial charge is 0.312 e. The van der Waals surface area contributed by atoms with Gasteiger partial charge in [0, 0.05) is 24.3 Å². The van der Waals surface area contributed by atoms with E-state index in [1.165, 1.54) is 29.7 Å². The van der Waals surface area contributed by atoms with Crippen molar-refractivity contribution >= 4 is 11.6 Å². The molecule has 2 saturated heterocycles. The van der Waals surface area contributed by atoms with Crippen LogP contribution in [-0.2, 0) is 11.2 Å². The highest BCUT2D eigenvalue weighted by molar-refractivity contribution is 5.97. The van der Waals surface area contributed by atoms with Gasteiger partial charge in [-0.1, -0.05) is 18.2 Å². The van der Waals surface area contributed by atoms with E-state index in [9.17, 15) is 4.79 Å². The van der Waals surface area contributed by atoms with Crippen LogP contribution in [0, 0.1) is 12.8 Å². The van der Waals surface area contributed by atoms with Gasteiger partial charge in [0.2, 0.25) is 5.91 Å². The minimum atomic E-state index is 0.208. The van der Waals surface area contributed by atoms with Crippen LogP contribution in [0.4, 0.5) is 5.69 Å². The first-order valence-corrected chi connectivity index (χ1v) is 7.90. The second kappa shape index (κ2) is 4.59. The molecule has 0 saturated carbocycles. The summed E-state index contributed by atoms with van der Waals surface area (Å²) in [5.41, 5.74) is 3.79. The van der Waals surface area contributed by atoms with Crippen molar-refractivity contribution in [1.82, 2.24) is 5.32 Å². The molecule has 4 rings (SSSR count). The monoisotopic (exact) mass is 270 g/mol. The number of hydrogen-bond donors (Lipinski definition) is 1. The molecule has 3 aliphatic heterocycles. The summed E-state index contributed by atoms with van der Waals surface area (Å²) in [5.74, 6) is 0.569. The summed E-state index contributed by atoms with van der Waals surface area (Å²) >= 11 is 0.